The molecule has 3 aromatic carbocycles. The van der Waals surface area contributed by atoms with Gasteiger partial charge in [0.15, 0.2) is 0 Å². The van der Waals surface area contributed by atoms with E-state index in [1.54, 1.807) is 0 Å². The van der Waals surface area contributed by atoms with Crippen molar-refractivity contribution in [1.82, 2.24) is 0 Å². The van der Waals surface area contributed by atoms with Crippen molar-refractivity contribution >= 4 is 28.4 Å². The molecule has 0 atom stereocenters. The number of hydrogen-bond donors (Lipinski definition) is 0. The second-order valence-corrected chi connectivity index (χ2v) is 7.42. The van der Waals surface area contributed by atoms with Crippen LogP contribution in [0.25, 0.3) is 0 Å². The lowest BCUT2D eigenvalue weighted by Gasteiger charge is -2.17. The lowest BCUT2D eigenvalue weighted by atomic mass is 10.2. The van der Waals surface area contributed by atoms with E-state index in [1.165, 1.54) is 24.1 Å². The molecule has 3 aromatic rings. The summed E-state index contributed by atoms with van der Waals surface area (Å²) in [7, 11) is 0. The van der Waals surface area contributed by atoms with Crippen molar-refractivity contribution in [2.75, 3.05) is 18.0 Å². The lowest BCUT2D eigenvalue weighted by Crippen LogP contribution is -2.17. The van der Waals surface area contributed by atoms with E-state index in [4.69, 9.17) is 0 Å². The van der Waals surface area contributed by atoms with Crippen LogP contribution in [-0.2, 0) is 0 Å². The maximum atomic E-state index is 4.37. The number of benzene rings is 3. The van der Waals surface area contributed by atoms with Gasteiger partial charge in [0.2, 0.25) is 0 Å². The van der Waals surface area contributed by atoms with Gasteiger partial charge in [-0.2, -0.15) is 20.5 Å². The number of aryl methyl sites for hydroxylation is 2. The van der Waals surface area contributed by atoms with Crippen molar-refractivity contribution in [2.45, 2.75) is 26.7 Å². The summed E-state index contributed by atoms with van der Waals surface area (Å²) in [6.07, 6.45) is 2.56. The van der Waals surface area contributed by atoms with Gasteiger partial charge in [0, 0.05) is 18.8 Å². The number of nitrogens with zero attached hydrogens (tertiary/aromatic N) is 5. The minimum absolute atomic E-state index is 0.806. The molecule has 146 valence electrons. The third kappa shape index (κ3) is 4.93. The largest absolute Gasteiger partial charge is 0.372 e. The average Bonchev–Trinajstić information content (AvgIpc) is 3.28. The van der Waals surface area contributed by atoms with Crippen LogP contribution < -0.4 is 4.90 Å². The Labute approximate surface area is 171 Å². The zero-order chi connectivity index (χ0) is 20.1. The van der Waals surface area contributed by atoms with Crippen LogP contribution in [0.15, 0.2) is 87.2 Å². The van der Waals surface area contributed by atoms with Gasteiger partial charge in [-0.3, -0.25) is 0 Å². The van der Waals surface area contributed by atoms with E-state index >= 15 is 0 Å². The van der Waals surface area contributed by atoms with E-state index in [1.807, 2.05) is 61.5 Å². The monoisotopic (exact) mass is 383 g/mol. The quantitative estimate of drug-likeness (QED) is 0.416. The Kier molecular flexibility index (Phi) is 5.75. The highest BCUT2D eigenvalue weighted by atomic mass is 15.1. The molecule has 0 aromatic heterocycles. The second-order valence-electron chi connectivity index (χ2n) is 7.42. The van der Waals surface area contributed by atoms with Crippen LogP contribution >= 0.6 is 0 Å². The summed E-state index contributed by atoms with van der Waals surface area (Å²) in [5.41, 5.74) is 6.83. The highest BCUT2D eigenvalue weighted by Crippen LogP contribution is 2.28. The van der Waals surface area contributed by atoms with E-state index in [0.717, 1.165) is 41.4 Å². The van der Waals surface area contributed by atoms with Crippen LogP contribution in [0.4, 0.5) is 28.4 Å². The Morgan fingerprint density at radius 2 is 1.17 bits per heavy atom. The summed E-state index contributed by atoms with van der Waals surface area (Å²) in [6, 6.07) is 22.1. The smallest absolute Gasteiger partial charge is 0.0887 e. The van der Waals surface area contributed by atoms with E-state index in [0.29, 0.717) is 0 Å². The molecule has 29 heavy (non-hydrogen) atoms. The van der Waals surface area contributed by atoms with Gasteiger partial charge < -0.3 is 4.90 Å². The molecule has 4 rings (SSSR count). The Morgan fingerprint density at radius 1 is 0.621 bits per heavy atom. The van der Waals surface area contributed by atoms with Gasteiger partial charge in [0.1, 0.15) is 0 Å². The molecule has 0 unspecified atom stereocenters. The minimum Gasteiger partial charge on any atom is -0.372 e. The van der Waals surface area contributed by atoms with Gasteiger partial charge in [0.05, 0.1) is 22.7 Å². The van der Waals surface area contributed by atoms with E-state index in [9.17, 15) is 0 Å². The van der Waals surface area contributed by atoms with E-state index in [2.05, 4.69) is 44.4 Å². The topological polar surface area (TPSA) is 52.7 Å². The van der Waals surface area contributed by atoms with E-state index in [-0.39, 0.29) is 0 Å². The zero-order valence-electron chi connectivity index (χ0n) is 16.9. The van der Waals surface area contributed by atoms with Crippen LogP contribution in [0, 0.1) is 13.8 Å². The summed E-state index contributed by atoms with van der Waals surface area (Å²) in [5.74, 6) is 0. The molecule has 0 N–H and O–H groups in total. The highest BCUT2D eigenvalue weighted by molar-refractivity contribution is 5.55. The summed E-state index contributed by atoms with van der Waals surface area (Å²) < 4.78 is 0. The van der Waals surface area contributed by atoms with Gasteiger partial charge in [-0.15, -0.1) is 0 Å². The molecular weight excluding hydrogens is 358 g/mol. The Balaban J connectivity index is 1.42. The fourth-order valence-electron chi connectivity index (χ4n) is 3.36. The second kappa shape index (κ2) is 8.78. The molecule has 5 nitrogen and oxygen atoms in total. The standard InChI is InChI=1S/C24H25N5/c1-18-5-7-20(8-6-18)26-28-24-14-11-22(17-19(24)2)27-25-21-9-12-23(13-10-21)29-15-3-4-16-29/h5-14,17H,3-4,15-16H2,1-2H3/b27-25+,28-26+. The predicted molar refractivity (Wildman–Crippen MR) is 119 cm³/mol. The molecule has 0 saturated carbocycles. The molecule has 0 amide bonds. The first-order valence-electron chi connectivity index (χ1n) is 10.0. The van der Waals surface area contributed by atoms with Crippen molar-refractivity contribution in [1.29, 1.82) is 0 Å². The molecule has 0 radical (unpaired) electrons. The Bertz CT molecular complexity index is 1010. The fraction of sp³-hybridized carbons (Fsp3) is 0.250. The van der Waals surface area contributed by atoms with Crippen LogP contribution in [0.1, 0.15) is 24.0 Å². The van der Waals surface area contributed by atoms with Crippen molar-refractivity contribution in [2.24, 2.45) is 20.5 Å². The van der Waals surface area contributed by atoms with Crippen LogP contribution in [0.5, 0.6) is 0 Å². The average molecular weight is 383 g/mol. The number of rotatable bonds is 5. The number of hydrogen-bond acceptors (Lipinski definition) is 5. The van der Waals surface area contributed by atoms with Crippen molar-refractivity contribution in [3.05, 3.63) is 77.9 Å². The first-order chi connectivity index (χ1) is 14.2. The third-order valence-corrected chi connectivity index (χ3v) is 5.09. The third-order valence-electron chi connectivity index (χ3n) is 5.09. The molecule has 1 heterocycles. The number of anilines is 1. The van der Waals surface area contributed by atoms with Crippen LogP contribution in [-0.4, -0.2) is 13.1 Å². The first-order valence-corrected chi connectivity index (χ1v) is 10.0. The van der Waals surface area contributed by atoms with Crippen LogP contribution in [0.3, 0.4) is 0 Å². The maximum absolute atomic E-state index is 4.37. The van der Waals surface area contributed by atoms with Gasteiger partial charge >= 0.3 is 0 Å². The normalized spacial score (nSPS) is 14.3. The van der Waals surface area contributed by atoms with Crippen molar-refractivity contribution in [3.8, 4) is 0 Å². The summed E-state index contributed by atoms with van der Waals surface area (Å²) >= 11 is 0. The van der Waals surface area contributed by atoms with Gasteiger partial charge in [-0.1, -0.05) is 17.7 Å². The zero-order valence-corrected chi connectivity index (χ0v) is 16.9. The van der Waals surface area contributed by atoms with E-state index < -0.39 is 0 Å². The van der Waals surface area contributed by atoms with Crippen molar-refractivity contribution < 1.29 is 0 Å². The SMILES string of the molecule is Cc1ccc(/N=N/c2ccc(/N=N/c3ccc(N4CCCC4)cc3)cc2C)cc1. The fourth-order valence-corrected chi connectivity index (χ4v) is 3.36. The molecular formula is C24H25N5. The molecule has 1 aliphatic heterocycles. The molecule has 1 fully saturated rings. The highest BCUT2D eigenvalue weighted by Gasteiger charge is 2.11. The summed E-state index contributed by atoms with van der Waals surface area (Å²) in [4.78, 5) is 2.41. The maximum Gasteiger partial charge on any atom is 0.0887 e. The lowest BCUT2D eigenvalue weighted by molar-refractivity contribution is 0.949. The molecule has 0 bridgehead atoms. The van der Waals surface area contributed by atoms with Gasteiger partial charge in [-0.25, -0.2) is 0 Å². The molecule has 0 spiro atoms. The Hall–Kier alpha value is -3.34. The van der Waals surface area contributed by atoms with Crippen LogP contribution in [0.2, 0.25) is 0 Å². The van der Waals surface area contributed by atoms with Gasteiger partial charge in [-0.05, 0) is 86.8 Å². The summed E-state index contributed by atoms with van der Waals surface area (Å²) in [5, 5.41) is 17.4. The van der Waals surface area contributed by atoms with Crippen molar-refractivity contribution in [3.63, 3.8) is 0 Å². The minimum atomic E-state index is 0.806. The van der Waals surface area contributed by atoms with Gasteiger partial charge in [0.25, 0.3) is 0 Å². The first kappa shape index (κ1) is 19.0. The molecule has 5 heteroatoms. The molecule has 1 saturated heterocycles. The number of azo groups is 2. The predicted octanol–water partition coefficient (Wildman–Crippen LogP) is 7.73. The Morgan fingerprint density at radius 3 is 1.83 bits per heavy atom. The molecule has 1 aliphatic rings. The summed E-state index contributed by atoms with van der Waals surface area (Å²) in [6.45, 7) is 6.36. The molecule has 0 aliphatic carbocycles.